The molecule has 36 heavy (non-hydrogen) atoms. The van der Waals surface area contributed by atoms with Crippen molar-refractivity contribution in [1.29, 1.82) is 0 Å². The van der Waals surface area contributed by atoms with Crippen molar-refractivity contribution >= 4 is 39.6 Å². The Morgan fingerprint density at radius 3 is 2.44 bits per heavy atom. The van der Waals surface area contributed by atoms with Crippen LogP contribution in [-0.4, -0.2) is 47.5 Å². The van der Waals surface area contributed by atoms with Crippen LogP contribution in [0.2, 0.25) is 0 Å². The number of hydrogen-bond acceptors (Lipinski definition) is 8. The van der Waals surface area contributed by atoms with Crippen LogP contribution in [0, 0.1) is 5.92 Å². The third-order valence-electron chi connectivity index (χ3n) is 5.97. The molecule has 3 rings (SSSR count). The Morgan fingerprint density at radius 2 is 1.92 bits per heavy atom. The van der Waals surface area contributed by atoms with Gasteiger partial charge >= 0.3 is 5.97 Å². The number of carbonyl (C=O) groups is 2. The van der Waals surface area contributed by atoms with Crippen LogP contribution in [0.25, 0.3) is 6.08 Å². The number of pyridine rings is 2. The number of nitrogen functional groups attached to an aromatic ring is 1. The molecule has 11 heteroatoms. The number of nitrogens with one attached hydrogen (secondary N) is 1. The van der Waals surface area contributed by atoms with E-state index in [-0.39, 0.29) is 16.9 Å². The zero-order valence-corrected chi connectivity index (χ0v) is 22.2. The number of carboxylic acid groups (broad SMARTS) is 1. The molecule has 3 heterocycles. The van der Waals surface area contributed by atoms with E-state index in [1.165, 1.54) is 30.3 Å². The number of hydrogen-bond donors (Lipinski definition) is 3. The van der Waals surface area contributed by atoms with Gasteiger partial charge in [0.15, 0.2) is 5.03 Å². The highest BCUT2D eigenvalue weighted by Gasteiger charge is 2.40. The van der Waals surface area contributed by atoms with E-state index < -0.39 is 32.3 Å². The molecule has 1 fully saturated rings. The second-order valence-electron chi connectivity index (χ2n) is 10.8. The summed E-state index contributed by atoms with van der Waals surface area (Å²) in [5, 5.41) is 8.79. The molecule has 1 saturated heterocycles. The fourth-order valence-corrected chi connectivity index (χ4v) is 5.49. The van der Waals surface area contributed by atoms with Crippen molar-refractivity contribution < 1.29 is 23.1 Å². The summed E-state index contributed by atoms with van der Waals surface area (Å²) in [7, 11) is -4.34. The molecule has 0 saturated carbocycles. The molecule has 1 atom stereocenters. The van der Waals surface area contributed by atoms with E-state index in [9.17, 15) is 23.1 Å². The highest BCUT2D eigenvalue weighted by molar-refractivity contribution is 7.90. The van der Waals surface area contributed by atoms with Gasteiger partial charge in [0.25, 0.3) is 15.9 Å². The zero-order chi connectivity index (χ0) is 27.1. The van der Waals surface area contributed by atoms with Crippen molar-refractivity contribution in [3.8, 4) is 0 Å². The van der Waals surface area contributed by atoms with Crippen LogP contribution in [0.1, 0.15) is 69.6 Å². The van der Waals surface area contributed by atoms with Crippen molar-refractivity contribution in [3.05, 3.63) is 47.2 Å². The van der Waals surface area contributed by atoms with E-state index in [4.69, 9.17) is 10.7 Å². The highest BCUT2D eigenvalue weighted by Crippen LogP contribution is 2.39. The van der Waals surface area contributed by atoms with Crippen molar-refractivity contribution in [1.82, 2.24) is 14.7 Å². The minimum atomic E-state index is -4.34. The average Bonchev–Trinajstić information content (AvgIpc) is 3.02. The number of sulfonamides is 1. The van der Waals surface area contributed by atoms with Gasteiger partial charge in [-0.25, -0.2) is 19.5 Å². The number of carbonyl (C=O) groups excluding carboxylic acids is 1. The summed E-state index contributed by atoms with van der Waals surface area (Å²) in [5.74, 6) is -1.40. The Balaban J connectivity index is 2.21. The fraction of sp³-hybridized carbons (Fsp3) is 0.440. The quantitative estimate of drug-likeness (QED) is 0.492. The summed E-state index contributed by atoms with van der Waals surface area (Å²) in [5.41, 5.74) is 5.79. The van der Waals surface area contributed by atoms with Gasteiger partial charge in [-0.15, -0.1) is 0 Å². The topological polar surface area (TPSA) is 156 Å². The fourth-order valence-electron chi connectivity index (χ4n) is 4.55. The molecule has 1 aliphatic rings. The predicted octanol–water partition coefficient (Wildman–Crippen LogP) is 3.20. The number of carboxylic acids is 1. The normalized spacial score (nSPS) is 17.9. The van der Waals surface area contributed by atoms with Crippen molar-refractivity contribution in [3.63, 3.8) is 0 Å². The first-order valence-corrected chi connectivity index (χ1v) is 13.0. The van der Waals surface area contributed by atoms with Gasteiger partial charge < -0.3 is 15.7 Å². The third-order valence-corrected chi connectivity index (χ3v) is 7.20. The number of aromatic nitrogens is 2. The van der Waals surface area contributed by atoms with E-state index in [1.807, 2.05) is 39.5 Å². The van der Waals surface area contributed by atoms with Gasteiger partial charge in [-0.05, 0) is 56.0 Å². The molecule has 0 radical (unpaired) electrons. The molecule has 4 N–H and O–H groups in total. The predicted molar refractivity (Wildman–Crippen MR) is 138 cm³/mol. The van der Waals surface area contributed by atoms with Crippen LogP contribution >= 0.6 is 0 Å². The van der Waals surface area contributed by atoms with Gasteiger partial charge in [-0.1, -0.05) is 33.8 Å². The first kappa shape index (κ1) is 27.1. The largest absolute Gasteiger partial charge is 0.478 e. The first-order valence-electron chi connectivity index (χ1n) is 11.5. The lowest BCUT2D eigenvalue weighted by Crippen LogP contribution is -2.41. The molecular formula is C25H33N5O5S. The van der Waals surface area contributed by atoms with Crippen LogP contribution < -0.4 is 15.4 Å². The van der Waals surface area contributed by atoms with Crippen LogP contribution in [0.3, 0.4) is 0 Å². The number of anilines is 2. The smallest absolute Gasteiger partial charge is 0.328 e. The van der Waals surface area contributed by atoms with E-state index >= 15 is 0 Å². The summed E-state index contributed by atoms with van der Waals surface area (Å²) < 4.78 is 27.9. The molecule has 0 aliphatic carbocycles. The van der Waals surface area contributed by atoms with Gasteiger partial charge in [-0.2, -0.15) is 8.42 Å². The number of nitrogens with zero attached hydrogens (tertiary/aromatic N) is 3. The maximum Gasteiger partial charge on any atom is 0.328 e. The summed E-state index contributed by atoms with van der Waals surface area (Å²) in [6.45, 7) is 12.6. The monoisotopic (exact) mass is 515 g/mol. The van der Waals surface area contributed by atoms with Crippen molar-refractivity contribution in [2.45, 2.75) is 63.9 Å². The summed E-state index contributed by atoms with van der Waals surface area (Å²) in [6, 6.07) is 5.60. The number of rotatable bonds is 6. The Hall–Kier alpha value is -3.47. The Morgan fingerprint density at radius 1 is 1.25 bits per heavy atom. The van der Waals surface area contributed by atoms with Crippen LogP contribution in [0.15, 0.2) is 35.4 Å². The first-order chi connectivity index (χ1) is 16.5. The maximum atomic E-state index is 13.5. The van der Waals surface area contributed by atoms with E-state index in [1.54, 1.807) is 0 Å². The molecule has 194 valence electrons. The minimum Gasteiger partial charge on any atom is -0.478 e. The van der Waals surface area contributed by atoms with E-state index in [0.717, 1.165) is 12.5 Å². The second kappa shape index (κ2) is 9.53. The van der Waals surface area contributed by atoms with Crippen molar-refractivity contribution in [2.24, 2.45) is 5.92 Å². The van der Waals surface area contributed by atoms with Gasteiger partial charge in [0, 0.05) is 23.6 Å². The Labute approximate surface area is 211 Å². The molecule has 1 unspecified atom stereocenters. The van der Waals surface area contributed by atoms with E-state index in [2.05, 4.69) is 16.6 Å². The van der Waals surface area contributed by atoms with Crippen LogP contribution in [-0.2, 0) is 20.2 Å². The lowest BCUT2D eigenvalue weighted by molar-refractivity contribution is -0.131. The van der Waals surface area contributed by atoms with Gasteiger partial charge in [0.05, 0.1) is 11.3 Å². The second-order valence-corrected chi connectivity index (χ2v) is 12.4. The highest BCUT2D eigenvalue weighted by atomic mass is 32.2. The molecule has 2 aromatic heterocycles. The number of nitrogens with two attached hydrogens (primary N) is 1. The Bertz CT molecular complexity index is 1330. The van der Waals surface area contributed by atoms with Crippen LogP contribution in [0.5, 0.6) is 0 Å². The average molecular weight is 516 g/mol. The Kier molecular flexibility index (Phi) is 7.18. The summed E-state index contributed by atoms with van der Waals surface area (Å²) in [6.07, 6.45) is 3.18. The van der Waals surface area contributed by atoms with Gasteiger partial charge in [0.1, 0.15) is 11.6 Å². The van der Waals surface area contributed by atoms with Crippen LogP contribution in [0.4, 0.5) is 11.6 Å². The molecule has 1 amide bonds. The lowest BCUT2D eigenvalue weighted by atomic mass is 9.87. The molecule has 2 aromatic rings. The van der Waals surface area contributed by atoms with Crippen molar-refractivity contribution in [2.75, 3.05) is 17.2 Å². The SMILES string of the molecule is CC1CN(c2nc(C(C)(C)C)c(C=CC(=O)O)cc2C(=O)NS(=O)(=O)c2cccc(N)n2)C(C)(C)C1. The molecule has 0 spiro atoms. The van der Waals surface area contributed by atoms with Gasteiger partial charge in [0.2, 0.25) is 0 Å². The number of aliphatic carboxylic acids is 1. The summed E-state index contributed by atoms with van der Waals surface area (Å²) in [4.78, 5) is 35.4. The molecule has 1 aliphatic heterocycles. The molecule has 0 aromatic carbocycles. The van der Waals surface area contributed by atoms with Gasteiger partial charge in [-0.3, -0.25) is 4.79 Å². The molecule has 0 bridgehead atoms. The standard InChI is InChI=1S/C25H33N5O5S/c1-15-13-25(5,6)30(14-15)22-17(12-16(10-11-20(31)32)21(28-22)24(2,3)4)23(33)29-36(34,35)19-9-7-8-18(26)27-19/h7-12,15H,13-14H2,1-6H3,(H2,26,27)(H,29,33)(H,31,32). The lowest BCUT2D eigenvalue weighted by Gasteiger charge is -2.35. The maximum absolute atomic E-state index is 13.5. The minimum absolute atomic E-state index is 0.00360. The molecular weight excluding hydrogens is 482 g/mol. The number of amides is 1. The third kappa shape index (κ3) is 5.84. The molecule has 10 nitrogen and oxygen atoms in total. The van der Waals surface area contributed by atoms with E-state index in [0.29, 0.717) is 29.5 Å². The summed E-state index contributed by atoms with van der Waals surface area (Å²) >= 11 is 0. The zero-order valence-electron chi connectivity index (χ0n) is 21.4.